The van der Waals surface area contributed by atoms with Crippen LogP contribution in [0.1, 0.15) is 54.9 Å². The first-order valence-electron chi connectivity index (χ1n) is 14.1. The molecule has 45 heavy (non-hydrogen) atoms. The zero-order valence-electron chi connectivity index (χ0n) is 26.4. The Morgan fingerprint density at radius 2 is 1.11 bits per heavy atom. The molecule has 0 bridgehead atoms. The van der Waals surface area contributed by atoms with Gasteiger partial charge in [0.1, 0.15) is 31.0 Å². The van der Waals surface area contributed by atoms with E-state index in [1.807, 2.05) is 0 Å². The van der Waals surface area contributed by atoms with Crippen LogP contribution in [0.4, 0.5) is 0 Å². The Bertz CT molecular complexity index is 1110. The molecule has 1 N–H and O–H groups in total. The number of esters is 6. The molecule has 2 fully saturated rings. The van der Waals surface area contributed by atoms with Crippen LogP contribution in [0.25, 0.3) is 0 Å². The standard InChI is InChI=1S/C28H41NO16/c1-12(30)29-22-26(42-17(6)35)25(21(11-39-14(3)32)45-28(22)37-8)44-20-9-19(10-38-13(2)31)23(40-15(4)33)27(43-18(7)36)24(20)41-16(5)34/h19-28H,9-11H2,1-8H3,(H,29,30)/t19-,20-,21-,22-,23+,24+,25-,26-,27+,28-/m1/s1. The SMILES string of the molecule is CO[C@@H]1O[C@H](COC(C)=O)[C@@H](O[C@@H]2C[C@H](COC(C)=O)[C@H](OC(C)=O)[C@H](OC(C)=O)[C@H]2OC(C)=O)[C@H](OC(C)=O)[C@H]1NC(C)=O. The van der Waals surface area contributed by atoms with Crippen molar-refractivity contribution in [2.45, 2.75) is 110 Å². The molecule has 1 aliphatic carbocycles. The van der Waals surface area contributed by atoms with Crippen molar-refractivity contribution < 1.29 is 76.2 Å². The van der Waals surface area contributed by atoms with Crippen LogP contribution in [0.2, 0.25) is 0 Å². The van der Waals surface area contributed by atoms with Gasteiger partial charge >= 0.3 is 35.8 Å². The second-order valence-electron chi connectivity index (χ2n) is 10.5. The fourth-order valence-corrected chi connectivity index (χ4v) is 5.29. The average Bonchev–Trinajstić information content (AvgIpc) is 2.90. The van der Waals surface area contributed by atoms with Crippen molar-refractivity contribution in [1.82, 2.24) is 5.32 Å². The van der Waals surface area contributed by atoms with Gasteiger partial charge < -0.3 is 47.9 Å². The highest BCUT2D eigenvalue weighted by Crippen LogP contribution is 2.37. The molecule has 17 heteroatoms. The summed E-state index contributed by atoms with van der Waals surface area (Å²) in [5, 5.41) is 2.62. The van der Waals surface area contributed by atoms with Crippen LogP contribution >= 0.6 is 0 Å². The van der Waals surface area contributed by atoms with Gasteiger partial charge in [0.2, 0.25) is 5.91 Å². The number of hydrogen-bond donors (Lipinski definition) is 1. The number of ether oxygens (including phenoxy) is 9. The van der Waals surface area contributed by atoms with E-state index in [2.05, 4.69) is 5.32 Å². The quantitative estimate of drug-likeness (QED) is 0.208. The summed E-state index contributed by atoms with van der Waals surface area (Å²) in [5.41, 5.74) is 0. The summed E-state index contributed by atoms with van der Waals surface area (Å²) < 4.78 is 50.4. The summed E-state index contributed by atoms with van der Waals surface area (Å²) in [4.78, 5) is 84.5. The monoisotopic (exact) mass is 647 g/mol. The summed E-state index contributed by atoms with van der Waals surface area (Å²) in [6, 6.07) is -1.14. The maximum absolute atomic E-state index is 12.3. The number of hydrogen-bond acceptors (Lipinski definition) is 16. The lowest BCUT2D eigenvalue weighted by Crippen LogP contribution is -2.68. The third-order valence-electron chi connectivity index (χ3n) is 6.75. The first-order chi connectivity index (χ1) is 21.0. The number of carbonyl (C=O) groups is 7. The minimum atomic E-state index is -1.45. The minimum absolute atomic E-state index is 0.122. The molecule has 0 aromatic carbocycles. The van der Waals surface area contributed by atoms with E-state index < -0.39 is 109 Å². The first kappa shape index (κ1) is 37.4. The van der Waals surface area contributed by atoms with E-state index in [1.165, 1.54) is 21.0 Å². The van der Waals surface area contributed by atoms with E-state index in [0.717, 1.165) is 34.6 Å². The van der Waals surface area contributed by atoms with E-state index in [0.29, 0.717) is 0 Å². The van der Waals surface area contributed by atoms with Gasteiger partial charge in [-0.3, -0.25) is 33.6 Å². The zero-order chi connectivity index (χ0) is 34.0. The van der Waals surface area contributed by atoms with Crippen molar-refractivity contribution in [2.24, 2.45) is 5.92 Å². The molecule has 0 spiro atoms. The van der Waals surface area contributed by atoms with E-state index in [1.54, 1.807) is 0 Å². The molecule has 0 radical (unpaired) electrons. The van der Waals surface area contributed by atoms with Gasteiger partial charge in [0.05, 0.1) is 12.7 Å². The predicted molar refractivity (Wildman–Crippen MR) is 146 cm³/mol. The van der Waals surface area contributed by atoms with Crippen LogP contribution < -0.4 is 5.32 Å². The van der Waals surface area contributed by atoms with Crippen molar-refractivity contribution >= 4 is 41.7 Å². The van der Waals surface area contributed by atoms with Crippen LogP contribution in [-0.2, 0) is 76.2 Å². The van der Waals surface area contributed by atoms with Gasteiger partial charge in [0, 0.05) is 61.5 Å². The Morgan fingerprint density at radius 1 is 0.622 bits per heavy atom. The zero-order valence-corrected chi connectivity index (χ0v) is 26.4. The number of rotatable bonds is 12. The summed E-state index contributed by atoms with van der Waals surface area (Å²) >= 11 is 0. The van der Waals surface area contributed by atoms with Crippen LogP contribution in [-0.4, -0.2) is 117 Å². The number of methoxy groups -OCH3 is 1. The molecule has 1 saturated carbocycles. The fourth-order valence-electron chi connectivity index (χ4n) is 5.29. The predicted octanol–water partition coefficient (Wildman–Crippen LogP) is -0.511. The maximum atomic E-state index is 12.3. The van der Waals surface area contributed by atoms with Gasteiger partial charge in [-0.25, -0.2) is 0 Å². The summed E-state index contributed by atoms with van der Waals surface area (Å²) in [7, 11) is 1.28. The average molecular weight is 648 g/mol. The second-order valence-corrected chi connectivity index (χ2v) is 10.5. The highest BCUT2D eigenvalue weighted by atomic mass is 16.7. The van der Waals surface area contributed by atoms with Crippen LogP contribution in [0.15, 0.2) is 0 Å². The lowest BCUT2D eigenvalue weighted by molar-refractivity contribution is -0.295. The Hall–Kier alpha value is -3.83. The number of amides is 1. The van der Waals surface area contributed by atoms with Crippen molar-refractivity contribution in [2.75, 3.05) is 20.3 Å². The van der Waals surface area contributed by atoms with E-state index in [-0.39, 0.29) is 13.0 Å². The van der Waals surface area contributed by atoms with Gasteiger partial charge in [0.25, 0.3) is 0 Å². The largest absolute Gasteiger partial charge is 0.465 e. The molecule has 2 aliphatic rings. The highest BCUT2D eigenvalue weighted by Gasteiger charge is 2.56. The van der Waals surface area contributed by atoms with Crippen molar-refractivity contribution in [3.8, 4) is 0 Å². The summed E-state index contributed by atoms with van der Waals surface area (Å²) in [6.45, 7) is 7.23. The normalized spacial score (nSPS) is 31.0. The molecule has 10 atom stereocenters. The smallest absolute Gasteiger partial charge is 0.303 e. The van der Waals surface area contributed by atoms with Crippen molar-refractivity contribution in [1.29, 1.82) is 0 Å². The van der Waals surface area contributed by atoms with Gasteiger partial charge in [-0.2, -0.15) is 0 Å². The Labute approximate surface area is 259 Å². The fraction of sp³-hybridized carbons (Fsp3) is 0.750. The molecular weight excluding hydrogens is 606 g/mol. The third kappa shape index (κ3) is 11.2. The molecule has 1 saturated heterocycles. The van der Waals surface area contributed by atoms with E-state index >= 15 is 0 Å². The molecular formula is C28H41NO16. The maximum Gasteiger partial charge on any atom is 0.303 e. The second kappa shape index (κ2) is 17.0. The van der Waals surface area contributed by atoms with Crippen LogP contribution in [0.3, 0.4) is 0 Å². The van der Waals surface area contributed by atoms with Gasteiger partial charge in [-0.15, -0.1) is 0 Å². The van der Waals surface area contributed by atoms with Crippen molar-refractivity contribution in [3.63, 3.8) is 0 Å². The number of carbonyl (C=O) groups excluding carboxylic acids is 7. The lowest BCUT2D eigenvalue weighted by atomic mass is 9.80. The van der Waals surface area contributed by atoms with E-state index in [4.69, 9.17) is 42.6 Å². The van der Waals surface area contributed by atoms with Gasteiger partial charge in [0.15, 0.2) is 24.6 Å². The molecule has 1 aliphatic heterocycles. The van der Waals surface area contributed by atoms with Crippen LogP contribution in [0, 0.1) is 5.92 Å². The van der Waals surface area contributed by atoms with E-state index in [9.17, 15) is 33.6 Å². The third-order valence-corrected chi connectivity index (χ3v) is 6.75. The summed E-state index contributed by atoms with van der Waals surface area (Å²) in [5.74, 6) is -5.87. The lowest BCUT2D eigenvalue weighted by Gasteiger charge is -2.49. The van der Waals surface area contributed by atoms with Gasteiger partial charge in [-0.1, -0.05) is 0 Å². The number of nitrogens with one attached hydrogen (secondary N) is 1. The Kier molecular flexibility index (Phi) is 14.1. The molecule has 2 rings (SSSR count). The Morgan fingerprint density at radius 3 is 1.60 bits per heavy atom. The molecule has 1 heterocycles. The Balaban J connectivity index is 2.69. The topological polar surface area (TPSA) is 215 Å². The molecule has 17 nitrogen and oxygen atoms in total. The summed E-state index contributed by atoms with van der Waals surface area (Å²) in [6.07, 6.45) is -10.5. The molecule has 0 unspecified atom stereocenters. The molecule has 0 aromatic heterocycles. The first-order valence-corrected chi connectivity index (χ1v) is 14.1. The van der Waals surface area contributed by atoms with Crippen LogP contribution in [0.5, 0.6) is 0 Å². The molecule has 254 valence electrons. The minimum Gasteiger partial charge on any atom is -0.465 e. The molecule has 1 amide bonds. The van der Waals surface area contributed by atoms with Gasteiger partial charge in [-0.05, 0) is 6.42 Å². The molecule has 0 aromatic rings. The van der Waals surface area contributed by atoms with Crippen molar-refractivity contribution in [3.05, 3.63) is 0 Å². The highest BCUT2D eigenvalue weighted by molar-refractivity contribution is 5.73.